The molecule has 0 bridgehead atoms. The van der Waals surface area contributed by atoms with E-state index in [1.165, 1.54) is 5.56 Å². The number of rotatable bonds is 11. The molecule has 0 amide bonds. The molecule has 0 saturated heterocycles. The van der Waals surface area contributed by atoms with Crippen LogP contribution >= 0.6 is 0 Å². The number of hydrogen-bond acceptors (Lipinski definition) is 4. The van der Waals surface area contributed by atoms with Crippen LogP contribution < -0.4 is 5.32 Å². The molecule has 0 aliphatic heterocycles. The Hall–Kier alpha value is -0.840. The van der Waals surface area contributed by atoms with Crippen molar-refractivity contribution in [3.63, 3.8) is 0 Å². The Bertz CT molecular complexity index is 350. The van der Waals surface area contributed by atoms with E-state index in [4.69, 9.17) is 9.15 Å². The van der Waals surface area contributed by atoms with E-state index in [2.05, 4.69) is 37.1 Å². The van der Waals surface area contributed by atoms with Crippen LogP contribution in [0.4, 0.5) is 0 Å². The zero-order chi connectivity index (χ0) is 14.8. The number of hydrogen-bond donors (Lipinski definition) is 1. The molecule has 116 valence electrons. The lowest BCUT2D eigenvalue weighted by Crippen LogP contribution is -2.31. The van der Waals surface area contributed by atoms with E-state index in [0.717, 1.165) is 51.5 Å². The number of nitrogens with zero attached hydrogens (tertiary/aromatic N) is 1. The summed E-state index contributed by atoms with van der Waals surface area (Å²) in [5.74, 6) is 1.72. The van der Waals surface area contributed by atoms with E-state index < -0.39 is 0 Å². The molecule has 0 aliphatic rings. The van der Waals surface area contributed by atoms with E-state index >= 15 is 0 Å². The minimum atomic E-state index is 0.642. The minimum Gasteiger partial charge on any atom is -0.468 e. The van der Waals surface area contributed by atoms with Crippen molar-refractivity contribution in [2.24, 2.45) is 5.92 Å². The predicted octanol–water partition coefficient (Wildman–Crippen LogP) is 2.88. The molecule has 0 spiro atoms. The molecule has 1 N–H and O–H groups in total. The van der Waals surface area contributed by atoms with Crippen LogP contribution in [0.25, 0.3) is 0 Å². The van der Waals surface area contributed by atoms with E-state index in [9.17, 15) is 0 Å². The number of methoxy groups -OCH3 is 1. The molecular weight excluding hydrogens is 252 g/mol. The van der Waals surface area contributed by atoms with E-state index in [1.54, 1.807) is 13.4 Å². The van der Waals surface area contributed by atoms with E-state index in [0.29, 0.717) is 5.92 Å². The van der Waals surface area contributed by atoms with Gasteiger partial charge in [-0.3, -0.25) is 4.90 Å². The lowest BCUT2D eigenvalue weighted by Gasteiger charge is -2.23. The van der Waals surface area contributed by atoms with Crippen molar-refractivity contribution in [3.8, 4) is 0 Å². The Labute approximate surface area is 123 Å². The van der Waals surface area contributed by atoms with Gasteiger partial charge in [0.2, 0.25) is 0 Å². The van der Waals surface area contributed by atoms with Gasteiger partial charge in [-0.05, 0) is 24.9 Å². The van der Waals surface area contributed by atoms with E-state index in [-0.39, 0.29) is 0 Å². The van der Waals surface area contributed by atoms with Crippen LogP contribution in [-0.4, -0.2) is 38.3 Å². The van der Waals surface area contributed by atoms with Crippen LogP contribution in [0.3, 0.4) is 0 Å². The third kappa shape index (κ3) is 6.55. The number of ether oxygens (including phenoxy) is 1. The topological polar surface area (TPSA) is 37.6 Å². The summed E-state index contributed by atoms with van der Waals surface area (Å²) in [5, 5.41) is 3.43. The van der Waals surface area contributed by atoms with Crippen molar-refractivity contribution in [3.05, 3.63) is 23.7 Å². The third-order valence-electron chi connectivity index (χ3n) is 3.18. The van der Waals surface area contributed by atoms with Gasteiger partial charge in [-0.25, -0.2) is 0 Å². The Balaban J connectivity index is 2.55. The standard InChI is InChI=1S/C16H30N2O2/c1-5-7-17-11-15-6-9-20-16(15)13-18(8-10-19-4)12-14(2)3/h6,9,14,17H,5,7-8,10-13H2,1-4H3. The van der Waals surface area contributed by atoms with Gasteiger partial charge in [0.1, 0.15) is 5.76 Å². The first-order chi connectivity index (χ1) is 9.67. The normalized spacial score (nSPS) is 11.7. The third-order valence-corrected chi connectivity index (χ3v) is 3.18. The Kier molecular flexibility index (Phi) is 8.58. The van der Waals surface area contributed by atoms with Crippen molar-refractivity contribution in [2.75, 3.05) is 33.4 Å². The molecule has 0 unspecified atom stereocenters. The highest BCUT2D eigenvalue weighted by atomic mass is 16.5. The SMILES string of the molecule is CCCNCc1ccoc1CN(CCOC)CC(C)C. The first-order valence-electron chi connectivity index (χ1n) is 7.64. The minimum absolute atomic E-state index is 0.642. The molecule has 1 rings (SSSR count). The van der Waals surface area contributed by atoms with Crippen LogP contribution in [0.2, 0.25) is 0 Å². The Morgan fingerprint density at radius 1 is 1.40 bits per heavy atom. The summed E-state index contributed by atoms with van der Waals surface area (Å²) in [5.41, 5.74) is 1.27. The first-order valence-corrected chi connectivity index (χ1v) is 7.64. The van der Waals surface area contributed by atoms with Crippen LogP contribution in [0.1, 0.15) is 38.5 Å². The van der Waals surface area contributed by atoms with Gasteiger partial charge in [0.15, 0.2) is 0 Å². The van der Waals surface area contributed by atoms with Crippen LogP contribution in [0.15, 0.2) is 16.7 Å². The summed E-state index contributed by atoms with van der Waals surface area (Å²) >= 11 is 0. The van der Waals surface area contributed by atoms with Crippen molar-refractivity contribution in [2.45, 2.75) is 40.3 Å². The monoisotopic (exact) mass is 282 g/mol. The highest BCUT2D eigenvalue weighted by Gasteiger charge is 2.13. The maximum Gasteiger partial charge on any atom is 0.122 e. The summed E-state index contributed by atoms with van der Waals surface area (Å²) in [4.78, 5) is 2.40. The number of furan rings is 1. The maximum atomic E-state index is 5.66. The largest absolute Gasteiger partial charge is 0.468 e. The molecule has 1 aromatic rings. The average Bonchev–Trinajstić information content (AvgIpc) is 2.83. The average molecular weight is 282 g/mol. The van der Waals surface area contributed by atoms with Gasteiger partial charge in [-0.15, -0.1) is 0 Å². The molecule has 4 heteroatoms. The van der Waals surface area contributed by atoms with Crippen molar-refractivity contribution >= 4 is 0 Å². The van der Waals surface area contributed by atoms with Crippen molar-refractivity contribution in [1.29, 1.82) is 0 Å². The van der Waals surface area contributed by atoms with Gasteiger partial charge < -0.3 is 14.5 Å². The van der Waals surface area contributed by atoms with Crippen LogP contribution in [-0.2, 0) is 17.8 Å². The molecule has 1 heterocycles. The number of nitrogens with one attached hydrogen (secondary N) is 1. The van der Waals surface area contributed by atoms with Crippen molar-refractivity contribution < 1.29 is 9.15 Å². The summed E-state index contributed by atoms with van der Waals surface area (Å²) in [6.07, 6.45) is 2.95. The van der Waals surface area contributed by atoms with E-state index in [1.807, 2.05) is 0 Å². The Morgan fingerprint density at radius 3 is 2.85 bits per heavy atom. The molecular formula is C16H30N2O2. The van der Waals surface area contributed by atoms with Gasteiger partial charge in [-0.1, -0.05) is 20.8 Å². The van der Waals surface area contributed by atoms with Gasteiger partial charge >= 0.3 is 0 Å². The molecule has 1 aromatic heterocycles. The fourth-order valence-corrected chi connectivity index (χ4v) is 2.24. The Morgan fingerprint density at radius 2 is 2.20 bits per heavy atom. The molecule has 0 radical (unpaired) electrons. The highest BCUT2D eigenvalue weighted by Crippen LogP contribution is 2.14. The molecule has 0 aliphatic carbocycles. The lowest BCUT2D eigenvalue weighted by molar-refractivity contribution is 0.130. The summed E-state index contributed by atoms with van der Waals surface area (Å²) in [7, 11) is 1.75. The van der Waals surface area contributed by atoms with Gasteiger partial charge in [0.05, 0.1) is 19.4 Å². The molecule has 0 atom stereocenters. The van der Waals surface area contributed by atoms with Gasteiger partial charge in [0.25, 0.3) is 0 Å². The zero-order valence-electron chi connectivity index (χ0n) is 13.4. The van der Waals surface area contributed by atoms with Gasteiger partial charge in [0, 0.05) is 32.3 Å². The fourth-order valence-electron chi connectivity index (χ4n) is 2.24. The maximum absolute atomic E-state index is 5.66. The lowest BCUT2D eigenvalue weighted by atomic mass is 10.2. The second-order valence-corrected chi connectivity index (χ2v) is 5.67. The quantitative estimate of drug-likeness (QED) is 0.633. The smallest absolute Gasteiger partial charge is 0.122 e. The molecule has 0 aromatic carbocycles. The molecule has 0 fully saturated rings. The molecule has 0 saturated carbocycles. The second-order valence-electron chi connectivity index (χ2n) is 5.67. The molecule has 20 heavy (non-hydrogen) atoms. The predicted molar refractivity (Wildman–Crippen MR) is 82.7 cm³/mol. The zero-order valence-corrected chi connectivity index (χ0v) is 13.4. The highest BCUT2D eigenvalue weighted by molar-refractivity contribution is 5.16. The van der Waals surface area contributed by atoms with Crippen molar-refractivity contribution in [1.82, 2.24) is 10.2 Å². The second kappa shape index (κ2) is 9.97. The fraction of sp³-hybridized carbons (Fsp3) is 0.750. The van der Waals surface area contributed by atoms with Crippen LogP contribution in [0, 0.1) is 5.92 Å². The summed E-state index contributed by atoms with van der Waals surface area (Å²) in [6, 6.07) is 2.07. The van der Waals surface area contributed by atoms with Crippen LogP contribution in [0.5, 0.6) is 0 Å². The molecule has 4 nitrogen and oxygen atoms in total. The first kappa shape index (κ1) is 17.2. The summed E-state index contributed by atoms with van der Waals surface area (Å²) < 4.78 is 10.9. The summed E-state index contributed by atoms with van der Waals surface area (Å²) in [6.45, 7) is 12.2. The van der Waals surface area contributed by atoms with Gasteiger partial charge in [-0.2, -0.15) is 0 Å².